The molecule has 1 aromatic rings. The molecule has 1 fully saturated rings. The Bertz CT molecular complexity index is 454. The van der Waals surface area contributed by atoms with Crippen LogP contribution in [0.25, 0.3) is 0 Å². The molecule has 0 radical (unpaired) electrons. The molecule has 1 saturated heterocycles. The third-order valence-corrected chi connectivity index (χ3v) is 3.22. The van der Waals surface area contributed by atoms with Crippen LogP contribution < -0.4 is 10.6 Å². The molecule has 0 spiro atoms. The number of anilines is 2. The normalized spacial score (nSPS) is 18.3. The Labute approximate surface area is 113 Å². The van der Waals surface area contributed by atoms with Gasteiger partial charge in [-0.1, -0.05) is 0 Å². The van der Waals surface area contributed by atoms with Gasteiger partial charge in [0.2, 0.25) is 0 Å². The molecule has 0 aliphatic carbocycles. The first-order valence-corrected chi connectivity index (χ1v) is 6.39. The van der Waals surface area contributed by atoms with Gasteiger partial charge in [-0.25, -0.2) is 4.79 Å². The molecular weight excluding hydrogens is 244 g/mol. The second-order valence-electron chi connectivity index (χ2n) is 5.00. The van der Waals surface area contributed by atoms with E-state index in [4.69, 9.17) is 15.2 Å². The van der Waals surface area contributed by atoms with Crippen molar-refractivity contribution in [3.8, 4) is 0 Å². The molecule has 1 aliphatic heterocycles. The van der Waals surface area contributed by atoms with Gasteiger partial charge in [0.1, 0.15) is 0 Å². The lowest BCUT2D eigenvalue weighted by Gasteiger charge is -2.16. The Hall–Kier alpha value is -1.75. The van der Waals surface area contributed by atoms with Crippen LogP contribution in [-0.2, 0) is 9.47 Å². The molecule has 1 aliphatic rings. The van der Waals surface area contributed by atoms with Gasteiger partial charge >= 0.3 is 5.97 Å². The zero-order chi connectivity index (χ0) is 13.8. The topological polar surface area (TPSA) is 64.8 Å². The van der Waals surface area contributed by atoms with Gasteiger partial charge in [0.05, 0.1) is 30.2 Å². The van der Waals surface area contributed by atoms with Gasteiger partial charge in [-0.15, -0.1) is 0 Å². The highest BCUT2D eigenvalue weighted by atomic mass is 16.5. The highest BCUT2D eigenvalue weighted by molar-refractivity contribution is 5.92. The van der Waals surface area contributed by atoms with Crippen LogP contribution >= 0.6 is 0 Å². The molecule has 2 rings (SSSR count). The molecule has 5 nitrogen and oxygen atoms in total. The number of benzene rings is 1. The average molecular weight is 264 g/mol. The molecule has 0 aromatic heterocycles. The van der Waals surface area contributed by atoms with Crippen molar-refractivity contribution in [3.05, 3.63) is 23.8 Å². The number of nitrogens with two attached hydrogens (primary N) is 1. The molecule has 104 valence electrons. The van der Waals surface area contributed by atoms with E-state index in [1.165, 1.54) is 0 Å². The minimum atomic E-state index is -0.330. The SMILES string of the molecule is CN(C)c1ccc(C(=O)OCC2CCOC2)cc1N. The van der Waals surface area contributed by atoms with Gasteiger partial charge in [0, 0.05) is 26.6 Å². The number of ether oxygens (including phenoxy) is 2. The van der Waals surface area contributed by atoms with Crippen molar-refractivity contribution in [2.45, 2.75) is 6.42 Å². The second-order valence-corrected chi connectivity index (χ2v) is 5.00. The van der Waals surface area contributed by atoms with E-state index in [0.717, 1.165) is 18.7 Å². The number of carbonyl (C=O) groups is 1. The molecule has 19 heavy (non-hydrogen) atoms. The van der Waals surface area contributed by atoms with Crippen LogP contribution in [0.4, 0.5) is 11.4 Å². The van der Waals surface area contributed by atoms with Gasteiger partial charge in [-0.3, -0.25) is 0 Å². The fourth-order valence-corrected chi connectivity index (χ4v) is 2.08. The second kappa shape index (κ2) is 5.93. The highest BCUT2D eigenvalue weighted by Gasteiger charge is 2.18. The summed E-state index contributed by atoms with van der Waals surface area (Å²) in [5.74, 6) is -0.00810. The Morgan fingerprint density at radius 1 is 1.53 bits per heavy atom. The first-order valence-electron chi connectivity index (χ1n) is 6.39. The van der Waals surface area contributed by atoms with Crippen molar-refractivity contribution in [2.24, 2.45) is 5.92 Å². The van der Waals surface area contributed by atoms with Crippen molar-refractivity contribution in [1.29, 1.82) is 0 Å². The Morgan fingerprint density at radius 2 is 2.32 bits per heavy atom. The van der Waals surface area contributed by atoms with E-state index >= 15 is 0 Å². The van der Waals surface area contributed by atoms with Crippen LogP contribution in [0.15, 0.2) is 18.2 Å². The van der Waals surface area contributed by atoms with E-state index in [2.05, 4.69) is 0 Å². The number of nitrogens with zero attached hydrogens (tertiary/aromatic N) is 1. The number of carbonyl (C=O) groups excluding carboxylic acids is 1. The molecule has 0 bridgehead atoms. The summed E-state index contributed by atoms with van der Waals surface area (Å²) in [4.78, 5) is 13.8. The predicted octanol–water partition coefficient (Wildman–Crippen LogP) is 1.53. The molecule has 1 atom stereocenters. The van der Waals surface area contributed by atoms with Gasteiger partial charge < -0.3 is 20.1 Å². The molecule has 1 aromatic carbocycles. The van der Waals surface area contributed by atoms with Gasteiger partial charge in [-0.05, 0) is 24.6 Å². The average Bonchev–Trinajstić information content (AvgIpc) is 2.88. The van der Waals surface area contributed by atoms with Crippen LogP contribution in [0.2, 0.25) is 0 Å². The van der Waals surface area contributed by atoms with Crippen LogP contribution in [0, 0.1) is 5.92 Å². The summed E-state index contributed by atoms with van der Waals surface area (Å²) in [6.45, 7) is 1.84. The summed E-state index contributed by atoms with van der Waals surface area (Å²) in [6, 6.07) is 5.21. The van der Waals surface area contributed by atoms with Crippen molar-refractivity contribution in [3.63, 3.8) is 0 Å². The predicted molar refractivity (Wildman–Crippen MR) is 74.4 cm³/mol. The molecule has 5 heteroatoms. The van der Waals surface area contributed by atoms with E-state index in [-0.39, 0.29) is 5.97 Å². The first kappa shape index (κ1) is 13.7. The van der Waals surface area contributed by atoms with Gasteiger partial charge in [0.25, 0.3) is 0 Å². The highest BCUT2D eigenvalue weighted by Crippen LogP contribution is 2.23. The lowest BCUT2D eigenvalue weighted by atomic mass is 10.1. The van der Waals surface area contributed by atoms with E-state index in [1.807, 2.05) is 25.1 Å². The maximum atomic E-state index is 11.9. The summed E-state index contributed by atoms with van der Waals surface area (Å²) in [6.07, 6.45) is 0.953. The van der Waals surface area contributed by atoms with Crippen LogP contribution in [-0.4, -0.2) is 39.9 Å². The Balaban J connectivity index is 1.96. The fraction of sp³-hybridized carbons (Fsp3) is 0.500. The standard InChI is InChI=1S/C14H20N2O3/c1-16(2)13-4-3-11(7-12(13)15)14(17)19-9-10-5-6-18-8-10/h3-4,7,10H,5-6,8-9,15H2,1-2H3. The third kappa shape index (κ3) is 3.38. The molecule has 0 saturated carbocycles. The van der Waals surface area contributed by atoms with E-state index < -0.39 is 0 Å². The Morgan fingerprint density at radius 3 is 2.89 bits per heavy atom. The van der Waals surface area contributed by atoms with Crippen molar-refractivity contribution < 1.29 is 14.3 Å². The minimum absolute atomic E-state index is 0.322. The molecule has 1 heterocycles. The van der Waals surface area contributed by atoms with E-state index in [0.29, 0.717) is 30.4 Å². The van der Waals surface area contributed by atoms with E-state index in [1.54, 1.807) is 12.1 Å². The van der Waals surface area contributed by atoms with Crippen LogP contribution in [0.3, 0.4) is 0 Å². The summed E-state index contributed by atoms with van der Waals surface area (Å²) >= 11 is 0. The number of esters is 1. The summed E-state index contributed by atoms with van der Waals surface area (Å²) < 4.78 is 10.5. The van der Waals surface area contributed by atoms with Gasteiger partial charge in [-0.2, -0.15) is 0 Å². The summed E-state index contributed by atoms with van der Waals surface area (Å²) in [7, 11) is 3.81. The smallest absolute Gasteiger partial charge is 0.338 e. The van der Waals surface area contributed by atoms with E-state index in [9.17, 15) is 4.79 Å². The van der Waals surface area contributed by atoms with Crippen molar-refractivity contribution in [1.82, 2.24) is 0 Å². The quantitative estimate of drug-likeness (QED) is 0.660. The maximum absolute atomic E-state index is 11.9. The number of hydrogen-bond acceptors (Lipinski definition) is 5. The lowest BCUT2D eigenvalue weighted by molar-refractivity contribution is 0.0428. The fourth-order valence-electron chi connectivity index (χ4n) is 2.08. The summed E-state index contributed by atoms with van der Waals surface area (Å²) in [5.41, 5.74) is 7.86. The Kier molecular flexibility index (Phi) is 4.27. The molecule has 2 N–H and O–H groups in total. The third-order valence-electron chi connectivity index (χ3n) is 3.22. The number of nitrogen functional groups attached to an aromatic ring is 1. The molecule has 1 unspecified atom stereocenters. The zero-order valence-electron chi connectivity index (χ0n) is 11.4. The summed E-state index contributed by atoms with van der Waals surface area (Å²) in [5, 5.41) is 0. The first-order chi connectivity index (χ1) is 9.08. The van der Waals surface area contributed by atoms with Gasteiger partial charge in [0.15, 0.2) is 0 Å². The molecular formula is C14H20N2O3. The van der Waals surface area contributed by atoms with Crippen molar-refractivity contribution >= 4 is 17.3 Å². The molecule has 0 amide bonds. The minimum Gasteiger partial charge on any atom is -0.462 e. The monoisotopic (exact) mass is 264 g/mol. The largest absolute Gasteiger partial charge is 0.462 e. The number of hydrogen-bond donors (Lipinski definition) is 1. The zero-order valence-corrected chi connectivity index (χ0v) is 11.4. The van der Waals surface area contributed by atoms with Crippen LogP contribution in [0.5, 0.6) is 0 Å². The number of rotatable bonds is 4. The van der Waals surface area contributed by atoms with Crippen LogP contribution in [0.1, 0.15) is 16.8 Å². The lowest BCUT2D eigenvalue weighted by Crippen LogP contribution is -2.15. The maximum Gasteiger partial charge on any atom is 0.338 e. The van der Waals surface area contributed by atoms with Crippen molar-refractivity contribution in [2.75, 3.05) is 44.5 Å².